The number of hydrogen-bond donors (Lipinski definition) is 1. The molecule has 2 aromatic carbocycles. The summed E-state index contributed by atoms with van der Waals surface area (Å²) in [7, 11) is 1.51. The highest BCUT2D eigenvalue weighted by molar-refractivity contribution is 7.12. The molecule has 5 aromatic rings. The Bertz CT molecular complexity index is 1660. The lowest BCUT2D eigenvalue weighted by atomic mass is 10.1. The van der Waals surface area contributed by atoms with Crippen molar-refractivity contribution in [2.45, 2.75) is 13.8 Å². The summed E-state index contributed by atoms with van der Waals surface area (Å²) in [5.41, 5.74) is 2.63. The Kier molecular flexibility index (Phi) is 5.42. The number of methoxy groups -OCH3 is 1. The van der Waals surface area contributed by atoms with Crippen LogP contribution in [0.5, 0.6) is 5.75 Å². The molecule has 3 heterocycles. The van der Waals surface area contributed by atoms with Gasteiger partial charge in [0.15, 0.2) is 17.0 Å². The van der Waals surface area contributed by atoms with Gasteiger partial charge in [-0.1, -0.05) is 29.8 Å². The molecular formula is C24H19N5O4S. The second kappa shape index (κ2) is 8.56. The summed E-state index contributed by atoms with van der Waals surface area (Å²) >= 11 is 1.21. The monoisotopic (exact) mass is 473 g/mol. The maximum absolute atomic E-state index is 13.0. The maximum atomic E-state index is 13.0. The Morgan fingerprint density at radius 2 is 1.88 bits per heavy atom. The first-order valence-electron chi connectivity index (χ1n) is 10.3. The van der Waals surface area contributed by atoms with Gasteiger partial charge in [-0.15, -0.1) is 16.5 Å². The number of H-pyrrole nitrogens is 1. The summed E-state index contributed by atoms with van der Waals surface area (Å²) < 4.78 is 12.0. The lowest BCUT2D eigenvalue weighted by Gasteiger charge is -2.04. The second-order valence-corrected chi connectivity index (χ2v) is 8.44. The Morgan fingerprint density at radius 1 is 1.09 bits per heavy atom. The summed E-state index contributed by atoms with van der Waals surface area (Å²) in [5.74, 6) is 0.473. The second-order valence-electron chi connectivity index (χ2n) is 7.60. The summed E-state index contributed by atoms with van der Waals surface area (Å²) in [4.78, 5) is 30.1. The number of para-hydroxylation sites is 1. The average Bonchev–Trinajstić information content (AvgIpc) is 3.42. The van der Waals surface area contributed by atoms with Crippen molar-refractivity contribution >= 4 is 33.7 Å². The minimum absolute atomic E-state index is 0.189. The van der Waals surface area contributed by atoms with E-state index >= 15 is 0 Å². The molecule has 0 fully saturated rings. The normalized spacial score (nSPS) is 11.5. The molecule has 1 N–H and O–H groups in total. The Balaban J connectivity index is 1.50. The minimum Gasteiger partial charge on any atom is -0.493 e. The molecule has 5 rings (SSSR count). The minimum atomic E-state index is -0.545. The number of rotatable bonds is 5. The number of aromatic nitrogens is 3. The van der Waals surface area contributed by atoms with E-state index in [4.69, 9.17) is 9.15 Å². The van der Waals surface area contributed by atoms with E-state index in [0.717, 1.165) is 5.56 Å². The molecule has 170 valence electrons. The number of hydrogen-bond acceptors (Lipinski definition) is 8. The van der Waals surface area contributed by atoms with Gasteiger partial charge in [-0.05, 0) is 38.1 Å². The van der Waals surface area contributed by atoms with Gasteiger partial charge >= 0.3 is 11.2 Å². The third-order valence-corrected chi connectivity index (χ3v) is 6.07. The van der Waals surface area contributed by atoms with Crippen molar-refractivity contribution in [2.75, 3.05) is 7.11 Å². The van der Waals surface area contributed by atoms with Crippen LogP contribution < -0.4 is 15.9 Å². The van der Waals surface area contributed by atoms with Crippen molar-refractivity contribution in [1.82, 2.24) is 14.8 Å². The lowest BCUT2D eigenvalue weighted by molar-refractivity contribution is 0.407. The van der Waals surface area contributed by atoms with Crippen LogP contribution >= 0.6 is 11.3 Å². The van der Waals surface area contributed by atoms with Crippen LogP contribution in [-0.2, 0) is 0 Å². The van der Waals surface area contributed by atoms with Gasteiger partial charge in [0.2, 0.25) is 5.13 Å². The summed E-state index contributed by atoms with van der Waals surface area (Å²) in [6, 6.07) is 14.6. The fraction of sp³-hybridized carbons (Fsp3) is 0.125. The molecule has 0 amide bonds. The van der Waals surface area contributed by atoms with Crippen LogP contribution in [-0.4, -0.2) is 21.9 Å². The van der Waals surface area contributed by atoms with E-state index < -0.39 is 5.63 Å². The number of nitrogens with zero attached hydrogens (tertiary/aromatic N) is 4. The first-order valence-corrected chi connectivity index (χ1v) is 11.2. The molecular weight excluding hydrogens is 454 g/mol. The molecule has 0 saturated carbocycles. The van der Waals surface area contributed by atoms with Gasteiger partial charge in [0.25, 0.3) is 0 Å². The zero-order chi connectivity index (χ0) is 23.8. The number of thiazole rings is 1. The predicted octanol–water partition coefficient (Wildman–Crippen LogP) is 5.44. The average molecular weight is 474 g/mol. The van der Waals surface area contributed by atoms with Gasteiger partial charge < -0.3 is 9.15 Å². The summed E-state index contributed by atoms with van der Waals surface area (Å²) in [5, 5.41) is 14.1. The maximum Gasteiger partial charge on any atom is 0.345 e. The number of aromatic amines is 1. The van der Waals surface area contributed by atoms with E-state index in [0.29, 0.717) is 44.5 Å². The van der Waals surface area contributed by atoms with Gasteiger partial charge in [0, 0.05) is 10.8 Å². The SMILES string of the molecule is COc1cccc2cc(-c3csc(-n4[nH]c(C)c(N=Nc5ccc(C)cc5)c4=O)n3)c(=O)oc12. The highest BCUT2D eigenvalue weighted by Gasteiger charge is 2.18. The van der Waals surface area contributed by atoms with Gasteiger partial charge in [-0.2, -0.15) is 9.80 Å². The summed E-state index contributed by atoms with van der Waals surface area (Å²) in [6.45, 7) is 3.72. The first-order chi connectivity index (χ1) is 16.4. The van der Waals surface area contributed by atoms with E-state index in [-0.39, 0.29) is 11.2 Å². The molecule has 0 aliphatic rings. The van der Waals surface area contributed by atoms with Crippen molar-refractivity contribution in [1.29, 1.82) is 0 Å². The van der Waals surface area contributed by atoms with Gasteiger partial charge in [0.05, 0.1) is 29.7 Å². The van der Waals surface area contributed by atoms with E-state index in [1.807, 2.05) is 43.3 Å². The van der Waals surface area contributed by atoms with Crippen LogP contribution in [0.15, 0.2) is 78.1 Å². The molecule has 0 atom stereocenters. The number of azo groups is 1. The topological polar surface area (TPSA) is 115 Å². The largest absolute Gasteiger partial charge is 0.493 e. The quantitative estimate of drug-likeness (QED) is 0.270. The van der Waals surface area contributed by atoms with Crippen LogP contribution in [0, 0.1) is 13.8 Å². The Hall–Kier alpha value is -4.31. The van der Waals surface area contributed by atoms with E-state index in [1.54, 1.807) is 24.4 Å². The van der Waals surface area contributed by atoms with E-state index in [9.17, 15) is 9.59 Å². The van der Waals surface area contributed by atoms with Crippen molar-refractivity contribution in [3.05, 3.63) is 85.9 Å². The molecule has 9 nitrogen and oxygen atoms in total. The smallest absolute Gasteiger partial charge is 0.345 e. The summed E-state index contributed by atoms with van der Waals surface area (Å²) in [6.07, 6.45) is 0. The molecule has 34 heavy (non-hydrogen) atoms. The van der Waals surface area contributed by atoms with Crippen LogP contribution in [0.4, 0.5) is 11.4 Å². The number of aryl methyl sites for hydroxylation is 2. The molecule has 0 aliphatic heterocycles. The number of benzene rings is 2. The standard InChI is InChI=1S/C24H19N5O4S/c1-13-7-9-16(10-8-13)26-27-20-14(2)28-29(22(20)30)24-25-18(12-34-24)17-11-15-5-4-6-19(32-3)21(15)33-23(17)31/h4-12,28H,1-3H3. The third-order valence-electron chi connectivity index (χ3n) is 5.24. The van der Waals surface area contributed by atoms with Crippen LogP contribution in [0.25, 0.3) is 27.4 Å². The molecule has 0 radical (unpaired) electrons. The third kappa shape index (κ3) is 3.84. The first kappa shape index (κ1) is 21.5. The lowest BCUT2D eigenvalue weighted by Crippen LogP contribution is -2.14. The Labute approximate surface area is 197 Å². The van der Waals surface area contributed by atoms with Crippen LogP contribution in [0.2, 0.25) is 0 Å². The zero-order valence-electron chi connectivity index (χ0n) is 18.5. The van der Waals surface area contributed by atoms with Crippen LogP contribution in [0.3, 0.4) is 0 Å². The van der Waals surface area contributed by atoms with Crippen molar-refractivity contribution < 1.29 is 9.15 Å². The number of ether oxygens (including phenoxy) is 1. The molecule has 0 saturated heterocycles. The highest BCUT2D eigenvalue weighted by Crippen LogP contribution is 2.29. The van der Waals surface area contributed by atoms with Gasteiger partial charge in [-0.3, -0.25) is 9.89 Å². The van der Waals surface area contributed by atoms with Gasteiger partial charge in [-0.25, -0.2) is 9.78 Å². The van der Waals surface area contributed by atoms with Crippen molar-refractivity contribution in [3.63, 3.8) is 0 Å². The number of fused-ring (bicyclic) bond motifs is 1. The van der Waals surface area contributed by atoms with E-state index in [2.05, 4.69) is 20.3 Å². The zero-order valence-corrected chi connectivity index (χ0v) is 19.3. The molecule has 3 aromatic heterocycles. The molecule has 10 heteroatoms. The fourth-order valence-electron chi connectivity index (χ4n) is 3.46. The van der Waals surface area contributed by atoms with Crippen LogP contribution in [0.1, 0.15) is 11.3 Å². The molecule has 0 unspecified atom stereocenters. The number of nitrogens with one attached hydrogen (secondary N) is 1. The van der Waals surface area contributed by atoms with Crippen molar-refractivity contribution in [3.8, 4) is 22.1 Å². The Morgan fingerprint density at radius 3 is 2.65 bits per heavy atom. The molecule has 0 aliphatic carbocycles. The van der Waals surface area contributed by atoms with Gasteiger partial charge in [0.1, 0.15) is 0 Å². The fourth-order valence-corrected chi connectivity index (χ4v) is 4.24. The van der Waals surface area contributed by atoms with E-state index in [1.165, 1.54) is 23.1 Å². The molecule has 0 spiro atoms. The molecule has 0 bridgehead atoms. The van der Waals surface area contributed by atoms with Crippen molar-refractivity contribution in [2.24, 2.45) is 10.2 Å². The highest BCUT2D eigenvalue weighted by atomic mass is 32.1. The predicted molar refractivity (Wildman–Crippen MR) is 130 cm³/mol.